The molecule has 0 bridgehead atoms. The number of carbonyl (C=O) groups is 1. The number of nitrogens with zero attached hydrogens (tertiary/aromatic N) is 3. The van der Waals surface area contributed by atoms with Crippen LogP contribution in [0, 0.1) is 0 Å². The lowest BCUT2D eigenvalue weighted by atomic mass is 10.1. The van der Waals surface area contributed by atoms with E-state index in [2.05, 4.69) is 25.9 Å². The zero-order valence-electron chi connectivity index (χ0n) is 18.4. The van der Waals surface area contributed by atoms with E-state index in [1.54, 1.807) is 42.5 Å². The summed E-state index contributed by atoms with van der Waals surface area (Å²) in [4.78, 5) is 25.4. The van der Waals surface area contributed by atoms with Gasteiger partial charge in [0.25, 0.3) is 5.91 Å². The molecule has 0 saturated carbocycles. The van der Waals surface area contributed by atoms with Crippen LogP contribution in [0.2, 0.25) is 0 Å². The maximum Gasteiger partial charge on any atom is 0.255 e. The second kappa shape index (κ2) is 11.4. The molecule has 0 aliphatic heterocycles. The van der Waals surface area contributed by atoms with Crippen LogP contribution in [0.15, 0.2) is 57.7 Å². The molecular formula is C24H24ClN5O4. The standard InChI is InChI=1S/C24H24ClN5O4/c25-13-4-2-1-3-5-14-33-17-11-9-16(10-12-17)24(32)26-19-8-6-7-18-20(31)15-21(34-22(18)19)23-27-29-30-28-23/h6-12,15H,1-5,13-14H2,(H,26,32)(H,27,28,29,30). The lowest BCUT2D eigenvalue weighted by molar-refractivity contribution is 0.102. The number of nitrogens with one attached hydrogen (secondary N) is 2. The predicted molar refractivity (Wildman–Crippen MR) is 129 cm³/mol. The SMILES string of the molecule is O=C(Nc1cccc2c(=O)cc(-c3nnn[nH]3)oc12)c1ccc(OCCCCCCCCl)cc1. The third-order valence-corrected chi connectivity index (χ3v) is 5.51. The van der Waals surface area contributed by atoms with Crippen molar-refractivity contribution in [3.8, 4) is 17.3 Å². The summed E-state index contributed by atoms with van der Waals surface area (Å²) in [6, 6.07) is 13.2. The number of hydrogen-bond donors (Lipinski definition) is 2. The summed E-state index contributed by atoms with van der Waals surface area (Å²) >= 11 is 5.68. The number of aromatic nitrogens is 4. The monoisotopic (exact) mass is 481 g/mol. The van der Waals surface area contributed by atoms with Gasteiger partial charge in [-0.1, -0.05) is 25.3 Å². The summed E-state index contributed by atoms with van der Waals surface area (Å²) in [6.45, 7) is 0.629. The summed E-state index contributed by atoms with van der Waals surface area (Å²) in [5.74, 6) is 1.47. The van der Waals surface area contributed by atoms with Crippen molar-refractivity contribution in [2.24, 2.45) is 0 Å². The van der Waals surface area contributed by atoms with Gasteiger partial charge in [-0.2, -0.15) is 0 Å². The van der Waals surface area contributed by atoms with Crippen molar-refractivity contribution in [3.05, 3.63) is 64.3 Å². The lowest BCUT2D eigenvalue weighted by Gasteiger charge is -2.10. The van der Waals surface area contributed by atoms with Crippen molar-refractivity contribution in [1.29, 1.82) is 0 Å². The number of unbranched alkanes of at least 4 members (excludes halogenated alkanes) is 4. The van der Waals surface area contributed by atoms with Gasteiger partial charge in [0.2, 0.25) is 5.82 Å². The van der Waals surface area contributed by atoms with Crippen LogP contribution < -0.4 is 15.5 Å². The largest absolute Gasteiger partial charge is 0.494 e. The van der Waals surface area contributed by atoms with Crippen LogP contribution in [-0.4, -0.2) is 39.0 Å². The summed E-state index contributed by atoms with van der Waals surface area (Å²) in [6.07, 6.45) is 5.43. The molecule has 4 aromatic rings. The molecule has 2 aromatic carbocycles. The number of aromatic amines is 1. The minimum Gasteiger partial charge on any atom is -0.494 e. The second-order valence-corrected chi connectivity index (χ2v) is 8.07. The fraction of sp³-hybridized carbons (Fsp3) is 0.292. The Labute approximate surface area is 200 Å². The van der Waals surface area contributed by atoms with Crippen LogP contribution in [0.3, 0.4) is 0 Å². The smallest absolute Gasteiger partial charge is 0.255 e. The average molecular weight is 482 g/mol. The number of para-hydroxylation sites is 1. The molecule has 34 heavy (non-hydrogen) atoms. The van der Waals surface area contributed by atoms with Gasteiger partial charge in [0, 0.05) is 17.5 Å². The average Bonchev–Trinajstić information content (AvgIpc) is 3.39. The molecule has 2 heterocycles. The molecule has 0 atom stereocenters. The van der Waals surface area contributed by atoms with Gasteiger partial charge in [-0.3, -0.25) is 9.59 Å². The van der Waals surface area contributed by atoms with Crippen LogP contribution in [0.1, 0.15) is 42.5 Å². The number of anilines is 1. The van der Waals surface area contributed by atoms with Gasteiger partial charge < -0.3 is 14.5 Å². The van der Waals surface area contributed by atoms with Crippen LogP contribution in [-0.2, 0) is 0 Å². The van der Waals surface area contributed by atoms with Gasteiger partial charge in [0.15, 0.2) is 16.8 Å². The minimum atomic E-state index is -0.340. The minimum absolute atomic E-state index is 0.171. The summed E-state index contributed by atoms with van der Waals surface area (Å²) < 4.78 is 11.6. The van der Waals surface area contributed by atoms with Gasteiger partial charge in [-0.25, -0.2) is 5.10 Å². The molecule has 176 valence electrons. The molecule has 0 spiro atoms. The van der Waals surface area contributed by atoms with Gasteiger partial charge in [-0.15, -0.1) is 16.7 Å². The van der Waals surface area contributed by atoms with Gasteiger partial charge >= 0.3 is 0 Å². The maximum atomic E-state index is 12.8. The number of benzene rings is 2. The first-order valence-corrected chi connectivity index (χ1v) is 11.6. The molecule has 0 saturated heterocycles. The first-order chi connectivity index (χ1) is 16.7. The van der Waals surface area contributed by atoms with Crippen molar-refractivity contribution in [1.82, 2.24) is 20.6 Å². The number of ether oxygens (including phenoxy) is 1. The number of fused-ring (bicyclic) bond motifs is 1. The number of alkyl halides is 1. The van der Waals surface area contributed by atoms with Crippen molar-refractivity contribution >= 4 is 34.2 Å². The van der Waals surface area contributed by atoms with E-state index >= 15 is 0 Å². The van der Waals surface area contributed by atoms with Crippen LogP contribution in [0.5, 0.6) is 5.75 Å². The Morgan fingerprint density at radius 3 is 2.62 bits per heavy atom. The van der Waals surface area contributed by atoms with Gasteiger partial charge in [-0.05, 0) is 59.7 Å². The predicted octanol–water partition coefficient (Wildman–Crippen LogP) is 4.79. The number of H-pyrrole nitrogens is 1. The zero-order chi connectivity index (χ0) is 23.8. The Morgan fingerprint density at radius 1 is 1.06 bits per heavy atom. The summed E-state index contributed by atoms with van der Waals surface area (Å²) in [5, 5.41) is 16.5. The quantitative estimate of drug-likeness (QED) is 0.233. The molecule has 0 aliphatic rings. The molecule has 2 N–H and O–H groups in total. The first kappa shape index (κ1) is 23.4. The third kappa shape index (κ3) is 5.79. The number of carbonyl (C=O) groups excluding carboxylic acids is 1. The number of hydrogen-bond acceptors (Lipinski definition) is 7. The molecule has 0 fully saturated rings. The number of tetrazole rings is 1. The highest BCUT2D eigenvalue weighted by Gasteiger charge is 2.15. The van der Waals surface area contributed by atoms with E-state index in [0.29, 0.717) is 34.9 Å². The Kier molecular flexibility index (Phi) is 7.87. The van der Waals surface area contributed by atoms with E-state index in [0.717, 1.165) is 32.1 Å². The fourth-order valence-corrected chi connectivity index (χ4v) is 3.66. The molecular weight excluding hydrogens is 458 g/mol. The number of rotatable bonds is 11. The normalized spacial score (nSPS) is 11.0. The van der Waals surface area contributed by atoms with Crippen molar-refractivity contribution in [3.63, 3.8) is 0 Å². The molecule has 0 aliphatic carbocycles. The van der Waals surface area contributed by atoms with Crippen molar-refractivity contribution in [2.75, 3.05) is 17.8 Å². The van der Waals surface area contributed by atoms with Crippen LogP contribution in [0.4, 0.5) is 5.69 Å². The molecule has 1 amide bonds. The molecule has 0 radical (unpaired) electrons. The highest BCUT2D eigenvalue weighted by atomic mass is 35.5. The Hall–Kier alpha value is -3.72. The van der Waals surface area contributed by atoms with Crippen LogP contribution in [0.25, 0.3) is 22.6 Å². The van der Waals surface area contributed by atoms with Crippen molar-refractivity contribution in [2.45, 2.75) is 32.1 Å². The third-order valence-electron chi connectivity index (χ3n) is 5.24. The van der Waals surface area contributed by atoms with E-state index in [9.17, 15) is 9.59 Å². The Morgan fingerprint density at radius 2 is 1.85 bits per heavy atom. The van der Waals surface area contributed by atoms with E-state index in [1.165, 1.54) is 6.07 Å². The van der Waals surface area contributed by atoms with E-state index < -0.39 is 0 Å². The summed E-state index contributed by atoms with van der Waals surface area (Å²) in [7, 11) is 0. The lowest BCUT2D eigenvalue weighted by Crippen LogP contribution is -2.13. The van der Waals surface area contributed by atoms with E-state index in [4.69, 9.17) is 20.8 Å². The second-order valence-electron chi connectivity index (χ2n) is 7.69. The molecule has 9 nitrogen and oxygen atoms in total. The fourth-order valence-electron chi connectivity index (χ4n) is 3.47. The topological polar surface area (TPSA) is 123 Å². The highest BCUT2D eigenvalue weighted by molar-refractivity contribution is 6.17. The van der Waals surface area contributed by atoms with Crippen LogP contribution >= 0.6 is 11.6 Å². The van der Waals surface area contributed by atoms with Crippen molar-refractivity contribution < 1.29 is 13.9 Å². The van der Waals surface area contributed by atoms with Gasteiger partial charge in [0.05, 0.1) is 17.7 Å². The van der Waals surface area contributed by atoms with Gasteiger partial charge in [0.1, 0.15) is 5.75 Å². The molecule has 2 aromatic heterocycles. The highest BCUT2D eigenvalue weighted by Crippen LogP contribution is 2.26. The zero-order valence-corrected chi connectivity index (χ0v) is 19.2. The molecule has 10 heteroatoms. The molecule has 4 rings (SSSR count). The van der Waals surface area contributed by atoms with E-state index in [-0.39, 0.29) is 28.5 Å². The maximum absolute atomic E-state index is 12.8. The summed E-state index contributed by atoms with van der Waals surface area (Å²) in [5.41, 5.74) is 0.775. The first-order valence-electron chi connectivity index (χ1n) is 11.1. The Balaban J connectivity index is 1.41. The number of halogens is 1. The Bertz CT molecular complexity index is 1290. The molecule has 0 unspecified atom stereocenters. The number of amides is 1. The van der Waals surface area contributed by atoms with E-state index in [1.807, 2.05) is 0 Å².